The number of benzene rings is 1. The Hall–Kier alpha value is -2.22. The normalized spacial score (nSPS) is 16.8. The third kappa shape index (κ3) is 4.41. The quantitative estimate of drug-likeness (QED) is 0.736. The Morgan fingerprint density at radius 3 is 2.83 bits per heavy atom. The summed E-state index contributed by atoms with van der Waals surface area (Å²) in [6.07, 6.45) is 0. The van der Waals surface area contributed by atoms with Crippen molar-refractivity contribution in [1.29, 1.82) is 0 Å². The number of nitrogens with one attached hydrogen (secondary N) is 1. The van der Waals surface area contributed by atoms with E-state index in [0.717, 1.165) is 5.56 Å². The summed E-state index contributed by atoms with van der Waals surface area (Å²) in [6.45, 7) is 2.07. The molecule has 0 radical (unpaired) electrons. The Balaban J connectivity index is 2.09. The molecule has 0 saturated carbocycles. The van der Waals surface area contributed by atoms with Gasteiger partial charge in [0.2, 0.25) is 11.8 Å². The van der Waals surface area contributed by atoms with Gasteiger partial charge in [-0.3, -0.25) is 14.4 Å². The zero-order valence-corrected chi connectivity index (χ0v) is 14.4. The van der Waals surface area contributed by atoms with E-state index in [9.17, 15) is 14.4 Å². The number of methoxy groups -OCH3 is 1. The first kappa shape index (κ1) is 18.1. The summed E-state index contributed by atoms with van der Waals surface area (Å²) in [4.78, 5) is 36.7. The number of rotatable bonds is 7. The molecule has 1 saturated heterocycles. The number of carbonyl (C=O) groups is 3. The van der Waals surface area contributed by atoms with Crippen molar-refractivity contribution in [3.05, 3.63) is 29.8 Å². The Kier molecular flexibility index (Phi) is 6.48. The zero-order chi connectivity index (χ0) is 17.5. The Bertz CT molecular complexity index is 622. The first-order valence-corrected chi connectivity index (χ1v) is 8.58. The molecule has 1 aromatic rings. The van der Waals surface area contributed by atoms with E-state index in [1.54, 1.807) is 0 Å². The summed E-state index contributed by atoms with van der Waals surface area (Å²) in [7, 11) is 1.25. The molecule has 1 fully saturated rings. The van der Waals surface area contributed by atoms with E-state index in [1.165, 1.54) is 23.8 Å². The third-order valence-corrected chi connectivity index (χ3v) is 4.66. The van der Waals surface area contributed by atoms with Crippen LogP contribution in [0.1, 0.15) is 17.9 Å². The summed E-state index contributed by atoms with van der Waals surface area (Å²) in [6, 6.07) is 7.47. The molecule has 2 amide bonds. The van der Waals surface area contributed by atoms with Crippen LogP contribution < -0.4 is 10.1 Å². The number of nitrogens with zero attached hydrogens (tertiary/aromatic N) is 1. The van der Waals surface area contributed by atoms with Gasteiger partial charge in [0.15, 0.2) is 0 Å². The minimum atomic E-state index is -0.538. The SMILES string of the molecule is CCOc1ccccc1C1SCC(=O)N1CC(=O)NCC(=O)OC. The van der Waals surface area contributed by atoms with E-state index in [0.29, 0.717) is 18.1 Å². The number of hydrogen-bond acceptors (Lipinski definition) is 6. The Labute approximate surface area is 144 Å². The van der Waals surface area contributed by atoms with Crippen LogP contribution in [0.5, 0.6) is 5.75 Å². The molecule has 130 valence electrons. The summed E-state index contributed by atoms with van der Waals surface area (Å²) in [5.74, 6) is -0.0642. The lowest BCUT2D eigenvalue weighted by Gasteiger charge is -2.25. The fraction of sp³-hybridized carbons (Fsp3) is 0.438. The monoisotopic (exact) mass is 352 g/mol. The second kappa shape index (κ2) is 8.58. The highest BCUT2D eigenvalue weighted by Crippen LogP contribution is 2.42. The Morgan fingerprint density at radius 2 is 2.12 bits per heavy atom. The van der Waals surface area contributed by atoms with E-state index in [-0.39, 0.29) is 24.4 Å². The molecule has 7 nitrogen and oxygen atoms in total. The number of para-hydroxylation sites is 1. The van der Waals surface area contributed by atoms with Gasteiger partial charge in [0, 0.05) is 5.56 Å². The lowest BCUT2D eigenvalue weighted by atomic mass is 10.2. The predicted molar refractivity (Wildman–Crippen MR) is 89.5 cm³/mol. The Morgan fingerprint density at radius 1 is 1.38 bits per heavy atom. The molecule has 8 heteroatoms. The minimum absolute atomic E-state index is 0.117. The summed E-state index contributed by atoms with van der Waals surface area (Å²) in [5.41, 5.74) is 0.857. The standard InChI is InChI=1S/C16H20N2O5S/c1-3-23-12-7-5-4-6-11(12)16-18(14(20)10-24-16)9-13(19)17-8-15(21)22-2/h4-7,16H,3,8-10H2,1-2H3,(H,17,19). The van der Waals surface area contributed by atoms with E-state index in [2.05, 4.69) is 10.1 Å². The van der Waals surface area contributed by atoms with Gasteiger partial charge in [-0.2, -0.15) is 0 Å². The molecule has 0 aromatic heterocycles. The van der Waals surface area contributed by atoms with E-state index in [1.807, 2.05) is 31.2 Å². The van der Waals surface area contributed by atoms with Crippen LogP contribution in [0.3, 0.4) is 0 Å². The van der Waals surface area contributed by atoms with Crippen LogP contribution in [0.4, 0.5) is 0 Å². The van der Waals surface area contributed by atoms with E-state index in [4.69, 9.17) is 4.74 Å². The molecular weight excluding hydrogens is 332 g/mol. The molecule has 1 heterocycles. The average Bonchev–Trinajstić information content (AvgIpc) is 2.94. The predicted octanol–water partition coefficient (Wildman–Crippen LogP) is 0.948. The minimum Gasteiger partial charge on any atom is -0.493 e. The maximum absolute atomic E-state index is 12.1. The van der Waals surface area contributed by atoms with Gasteiger partial charge >= 0.3 is 5.97 Å². The molecule has 24 heavy (non-hydrogen) atoms. The second-order valence-corrected chi connectivity index (χ2v) is 6.08. The van der Waals surface area contributed by atoms with Crippen LogP contribution in [0, 0.1) is 0 Å². The number of carbonyl (C=O) groups excluding carboxylic acids is 3. The van der Waals surface area contributed by atoms with Crippen molar-refractivity contribution in [2.45, 2.75) is 12.3 Å². The molecule has 0 aliphatic carbocycles. The first-order valence-electron chi connectivity index (χ1n) is 7.53. The maximum atomic E-state index is 12.1. The van der Waals surface area contributed by atoms with Crippen LogP contribution in [-0.4, -0.2) is 55.2 Å². The highest BCUT2D eigenvalue weighted by atomic mass is 32.2. The molecular formula is C16H20N2O5S. The fourth-order valence-corrected chi connectivity index (χ4v) is 3.52. The molecule has 0 bridgehead atoms. The van der Waals surface area contributed by atoms with Crippen LogP contribution in [0.25, 0.3) is 0 Å². The van der Waals surface area contributed by atoms with Gasteiger partial charge in [0.05, 0.1) is 19.5 Å². The number of thioether (sulfide) groups is 1. The largest absolute Gasteiger partial charge is 0.493 e. The molecule has 1 aliphatic rings. The third-order valence-electron chi connectivity index (χ3n) is 3.42. The number of hydrogen-bond donors (Lipinski definition) is 1. The average molecular weight is 352 g/mol. The van der Waals surface area contributed by atoms with Gasteiger partial charge in [-0.05, 0) is 13.0 Å². The van der Waals surface area contributed by atoms with Crippen molar-refractivity contribution in [2.75, 3.05) is 32.6 Å². The van der Waals surface area contributed by atoms with Gasteiger partial charge in [-0.15, -0.1) is 11.8 Å². The fourth-order valence-electron chi connectivity index (χ4n) is 2.31. The molecule has 1 aliphatic heterocycles. The zero-order valence-electron chi connectivity index (χ0n) is 13.6. The highest BCUT2D eigenvalue weighted by molar-refractivity contribution is 8.00. The molecule has 0 spiro atoms. The van der Waals surface area contributed by atoms with Crippen molar-refractivity contribution >= 4 is 29.5 Å². The lowest BCUT2D eigenvalue weighted by Crippen LogP contribution is -2.41. The van der Waals surface area contributed by atoms with Gasteiger partial charge in [-0.1, -0.05) is 18.2 Å². The van der Waals surface area contributed by atoms with E-state index < -0.39 is 11.9 Å². The van der Waals surface area contributed by atoms with Gasteiger partial charge < -0.3 is 19.7 Å². The smallest absolute Gasteiger partial charge is 0.325 e. The van der Waals surface area contributed by atoms with Crippen molar-refractivity contribution in [2.24, 2.45) is 0 Å². The van der Waals surface area contributed by atoms with Crippen LogP contribution in [0.2, 0.25) is 0 Å². The van der Waals surface area contributed by atoms with Gasteiger partial charge in [0.25, 0.3) is 0 Å². The summed E-state index contributed by atoms with van der Waals surface area (Å²) < 4.78 is 10.1. The maximum Gasteiger partial charge on any atom is 0.325 e. The topological polar surface area (TPSA) is 84.9 Å². The summed E-state index contributed by atoms with van der Waals surface area (Å²) in [5, 5.41) is 2.16. The van der Waals surface area contributed by atoms with Gasteiger partial charge in [0.1, 0.15) is 24.2 Å². The van der Waals surface area contributed by atoms with Crippen LogP contribution in [0.15, 0.2) is 24.3 Å². The molecule has 1 N–H and O–H groups in total. The molecule has 2 rings (SSSR count). The number of esters is 1. The molecule has 1 unspecified atom stereocenters. The van der Waals surface area contributed by atoms with Crippen molar-refractivity contribution < 1.29 is 23.9 Å². The van der Waals surface area contributed by atoms with Crippen molar-refractivity contribution in [3.63, 3.8) is 0 Å². The summed E-state index contributed by atoms with van der Waals surface area (Å²) >= 11 is 1.45. The first-order chi connectivity index (χ1) is 11.6. The molecule has 1 atom stereocenters. The number of ether oxygens (including phenoxy) is 2. The second-order valence-electron chi connectivity index (χ2n) is 5.01. The van der Waals surface area contributed by atoms with Crippen molar-refractivity contribution in [1.82, 2.24) is 10.2 Å². The van der Waals surface area contributed by atoms with Crippen molar-refractivity contribution in [3.8, 4) is 5.75 Å². The lowest BCUT2D eigenvalue weighted by molar-refractivity contribution is -0.141. The van der Waals surface area contributed by atoms with Gasteiger partial charge in [-0.25, -0.2) is 0 Å². The van der Waals surface area contributed by atoms with Crippen LogP contribution >= 0.6 is 11.8 Å². The van der Waals surface area contributed by atoms with Crippen LogP contribution in [-0.2, 0) is 19.1 Å². The number of amides is 2. The van der Waals surface area contributed by atoms with E-state index >= 15 is 0 Å². The highest BCUT2D eigenvalue weighted by Gasteiger charge is 2.35. The molecule has 1 aromatic carbocycles.